The van der Waals surface area contributed by atoms with Crippen LogP contribution in [-0.2, 0) is 9.53 Å². The third kappa shape index (κ3) is 3.67. The molecule has 1 aromatic heterocycles. The second-order valence-corrected chi connectivity index (χ2v) is 4.52. The Morgan fingerprint density at radius 2 is 2.40 bits per heavy atom. The summed E-state index contributed by atoms with van der Waals surface area (Å²) in [5.74, 6) is -1.24. The molecule has 1 aliphatic rings. The average Bonchev–Trinajstić information content (AvgIpc) is 2.91. The van der Waals surface area contributed by atoms with Crippen LogP contribution in [0.5, 0.6) is 5.88 Å². The van der Waals surface area contributed by atoms with Gasteiger partial charge in [-0.05, 0) is 13.0 Å². The molecule has 0 aliphatic carbocycles. The van der Waals surface area contributed by atoms with Gasteiger partial charge in [0.15, 0.2) is 0 Å². The van der Waals surface area contributed by atoms with E-state index in [2.05, 4.69) is 10.3 Å². The van der Waals surface area contributed by atoms with Gasteiger partial charge in [-0.25, -0.2) is 4.98 Å². The minimum absolute atomic E-state index is 0.0567. The standard InChI is InChI=1S/C13H16N2O5/c1-8(13(17)18)15-12(16)9-2-4-14-11(6-9)20-10-3-5-19-7-10/h2,4,6,8,10H,3,5,7H2,1H3,(H,15,16)(H,17,18). The van der Waals surface area contributed by atoms with Crippen LogP contribution >= 0.6 is 0 Å². The van der Waals surface area contributed by atoms with Crippen molar-refractivity contribution in [1.82, 2.24) is 10.3 Å². The maximum atomic E-state index is 11.9. The molecule has 20 heavy (non-hydrogen) atoms. The number of ether oxygens (including phenoxy) is 2. The summed E-state index contributed by atoms with van der Waals surface area (Å²) in [6.07, 6.45) is 2.18. The highest BCUT2D eigenvalue weighted by molar-refractivity contribution is 5.96. The number of carbonyl (C=O) groups excluding carboxylic acids is 1. The minimum atomic E-state index is -1.09. The highest BCUT2D eigenvalue weighted by Crippen LogP contribution is 2.15. The summed E-state index contributed by atoms with van der Waals surface area (Å²) in [6.45, 7) is 2.56. The lowest BCUT2D eigenvalue weighted by molar-refractivity contribution is -0.138. The van der Waals surface area contributed by atoms with Gasteiger partial charge in [0.05, 0.1) is 13.2 Å². The highest BCUT2D eigenvalue weighted by Gasteiger charge is 2.19. The Bertz CT molecular complexity index is 499. The molecule has 108 valence electrons. The summed E-state index contributed by atoms with van der Waals surface area (Å²) in [5.41, 5.74) is 0.307. The monoisotopic (exact) mass is 280 g/mol. The molecule has 2 unspecified atom stereocenters. The normalized spacial score (nSPS) is 19.4. The molecule has 0 radical (unpaired) electrons. The van der Waals surface area contributed by atoms with Crippen LogP contribution in [0.25, 0.3) is 0 Å². The van der Waals surface area contributed by atoms with E-state index in [0.29, 0.717) is 24.7 Å². The fourth-order valence-electron chi connectivity index (χ4n) is 1.73. The number of carbonyl (C=O) groups is 2. The van der Waals surface area contributed by atoms with E-state index in [1.165, 1.54) is 25.3 Å². The lowest BCUT2D eigenvalue weighted by Crippen LogP contribution is -2.38. The lowest BCUT2D eigenvalue weighted by atomic mass is 10.2. The number of hydrogen-bond acceptors (Lipinski definition) is 5. The van der Waals surface area contributed by atoms with Crippen LogP contribution in [0.3, 0.4) is 0 Å². The van der Waals surface area contributed by atoms with E-state index >= 15 is 0 Å². The largest absolute Gasteiger partial charge is 0.480 e. The van der Waals surface area contributed by atoms with E-state index in [9.17, 15) is 9.59 Å². The maximum absolute atomic E-state index is 11.9. The summed E-state index contributed by atoms with van der Waals surface area (Å²) in [5, 5.41) is 11.1. The van der Waals surface area contributed by atoms with Crippen molar-refractivity contribution < 1.29 is 24.2 Å². The number of carboxylic acid groups (broad SMARTS) is 1. The maximum Gasteiger partial charge on any atom is 0.325 e. The van der Waals surface area contributed by atoms with Gasteiger partial charge in [0.1, 0.15) is 12.1 Å². The average molecular weight is 280 g/mol. The van der Waals surface area contributed by atoms with Crippen molar-refractivity contribution >= 4 is 11.9 Å². The van der Waals surface area contributed by atoms with E-state index in [-0.39, 0.29) is 6.10 Å². The Hall–Kier alpha value is -2.15. The third-order valence-corrected chi connectivity index (χ3v) is 2.89. The van der Waals surface area contributed by atoms with E-state index in [4.69, 9.17) is 14.6 Å². The zero-order chi connectivity index (χ0) is 14.5. The predicted molar refractivity (Wildman–Crippen MR) is 68.7 cm³/mol. The van der Waals surface area contributed by atoms with Gasteiger partial charge in [-0.3, -0.25) is 9.59 Å². The molecule has 2 N–H and O–H groups in total. The summed E-state index contributed by atoms with van der Waals surface area (Å²) < 4.78 is 10.8. The molecule has 0 aromatic carbocycles. The molecule has 1 saturated heterocycles. The number of nitrogens with zero attached hydrogens (tertiary/aromatic N) is 1. The SMILES string of the molecule is CC(NC(=O)c1ccnc(OC2CCOC2)c1)C(=O)O. The number of rotatable bonds is 5. The molecule has 1 fully saturated rings. The molecule has 0 saturated carbocycles. The quantitative estimate of drug-likeness (QED) is 0.812. The summed E-state index contributed by atoms with van der Waals surface area (Å²) >= 11 is 0. The van der Waals surface area contributed by atoms with Crippen molar-refractivity contribution in [1.29, 1.82) is 0 Å². The Morgan fingerprint density at radius 3 is 3.05 bits per heavy atom. The van der Waals surface area contributed by atoms with Gasteiger partial charge >= 0.3 is 5.97 Å². The molecular formula is C13H16N2O5. The number of carboxylic acids is 1. The molecule has 0 bridgehead atoms. The first-order valence-corrected chi connectivity index (χ1v) is 6.30. The van der Waals surface area contributed by atoms with E-state index in [1.807, 2.05) is 0 Å². The third-order valence-electron chi connectivity index (χ3n) is 2.89. The zero-order valence-electron chi connectivity index (χ0n) is 11.0. The van der Waals surface area contributed by atoms with Gasteiger partial charge in [0, 0.05) is 24.2 Å². The van der Waals surface area contributed by atoms with Crippen molar-refractivity contribution in [3.63, 3.8) is 0 Å². The molecular weight excluding hydrogens is 264 g/mol. The van der Waals surface area contributed by atoms with E-state index < -0.39 is 17.9 Å². The first-order chi connectivity index (χ1) is 9.56. The van der Waals surface area contributed by atoms with Gasteiger partial charge in [0.25, 0.3) is 5.91 Å². The predicted octanol–water partition coefficient (Wildman–Crippen LogP) is 0.452. The first-order valence-electron chi connectivity index (χ1n) is 6.30. The Morgan fingerprint density at radius 1 is 1.60 bits per heavy atom. The van der Waals surface area contributed by atoms with E-state index in [1.54, 1.807) is 0 Å². The van der Waals surface area contributed by atoms with Gasteiger partial charge in [-0.15, -0.1) is 0 Å². The van der Waals surface area contributed by atoms with Crippen LogP contribution in [0.2, 0.25) is 0 Å². The molecule has 2 rings (SSSR count). The molecule has 2 heterocycles. The molecule has 7 heteroatoms. The molecule has 1 aromatic rings. The first kappa shape index (κ1) is 14.3. The Balaban J connectivity index is 2.01. The number of aromatic nitrogens is 1. The molecule has 1 aliphatic heterocycles. The van der Waals surface area contributed by atoms with E-state index in [0.717, 1.165) is 6.42 Å². The van der Waals surface area contributed by atoms with Crippen LogP contribution in [0.4, 0.5) is 0 Å². The van der Waals surface area contributed by atoms with Crippen LogP contribution in [0.15, 0.2) is 18.3 Å². The number of aliphatic carboxylic acids is 1. The fourth-order valence-corrected chi connectivity index (χ4v) is 1.73. The van der Waals surface area contributed by atoms with Gasteiger partial charge in [-0.1, -0.05) is 0 Å². The molecule has 2 atom stereocenters. The van der Waals surface area contributed by atoms with Crippen molar-refractivity contribution in [2.24, 2.45) is 0 Å². The molecule has 1 amide bonds. The van der Waals surface area contributed by atoms with Gasteiger partial charge in [0.2, 0.25) is 5.88 Å². The van der Waals surface area contributed by atoms with Crippen molar-refractivity contribution in [2.75, 3.05) is 13.2 Å². The number of amides is 1. The zero-order valence-corrected chi connectivity index (χ0v) is 11.0. The second kappa shape index (κ2) is 6.33. The van der Waals surface area contributed by atoms with Crippen LogP contribution in [0.1, 0.15) is 23.7 Å². The molecule has 0 spiro atoms. The van der Waals surface area contributed by atoms with Crippen molar-refractivity contribution in [2.45, 2.75) is 25.5 Å². The summed E-state index contributed by atoms with van der Waals surface area (Å²) in [6, 6.07) is 2.03. The Kier molecular flexibility index (Phi) is 4.52. The number of nitrogens with one attached hydrogen (secondary N) is 1. The number of hydrogen-bond donors (Lipinski definition) is 2. The fraction of sp³-hybridized carbons (Fsp3) is 0.462. The van der Waals surface area contributed by atoms with Crippen LogP contribution in [0, 0.1) is 0 Å². The van der Waals surface area contributed by atoms with Crippen molar-refractivity contribution in [3.05, 3.63) is 23.9 Å². The summed E-state index contributed by atoms with van der Waals surface area (Å²) in [7, 11) is 0. The second-order valence-electron chi connectivity index (χ2n) is 4.52. The molecule has 7 nitrogen and oxygen atoms in total. The van der Waals surface area contributed by atoms with Crippen molar-refractivity contribution in [3.8, 4) is 5.88 Å². The Labute approximate surface area is 115 Å². The smallest absolute Gasteiger partial charge is 0.325 e. The number of pyridine rings is 1. The minimum Gasteiger partial charge on any atom is -0.480 e. The topological polar surface area (TPSA) is 97.8 Å². The highest BCUT2D eigenvalue weighted by atomic mass is 16.5. The summed E-state index contributed by atoms with van der Waals surface area (Å²) in [4.78, 5) is 26.6. The lowest BCUT2D eigenvalue weighted by Gasteiger charge is -2.12. The van der Waals surface area contributed by atoms with Gasteiger partial charge in [-0.2, -0.15) is 0 Å². The van der Waals surface area contributed by atoms with Gasteiger partial charge < -0.3 is 19.9 Å². The van der Waals surface area contributed by atoms with Crippen LogP contribution in [-0.4, -0.2) is 47.3 Å². The van der Waals surface area contributed by atoms with Crippen LogP contribution < -0.4 is 10.1 Å².